The molecule has 4 heteroatoms. The summed E-state index contributed by atoms with van der Waals surface area (Å²) in [6, 6.07) is 14.9. The van der Waals surface area contributed by atoms with Crippen LogP contribution in [0.1, 0.15) is 36.7 Å². The van der Waals surface area contributed by atoms with Gasteiger partial charge < -0.3 is 10.3 Å². The highest BCUT2D eigenvalue weighted by Gasteiger charge is 2.32. The number of hydrogen-bond donors (Lipinski definition) is 2. The van der Waals surface area contributed by atoms with E-state index in [1.807, 2.05) is 44.3 Å². The summed E-state index contributed by atoms with van der Waals surface area (Å²) in [7, 11) is 0. The van der Waals surface area contributed by atoms with Gasteiger partial charge in [-0.05, 0) is 44.5 Å². The van der Waals surface area contributed by atoms with Crippen LogP contribution in [-0.4, -0.2) is 16.7 Å². The summed E-state index contributed by atoms with van der Waals surface area (Å²) in [6.07, 6.45) is 1.89. The number of carbonyl (C=O) groups is 2. The molecule has 0 radical (unpaired) electrons. The monoisotopic (exact) mass is 320 g/mol. The minimum atomic E-state index is -0.716. The van der Waals surface area contributed by atoms with Crippen LogP contribution in [-0.2, 0) is 10.2 Å². The summed E-state index contributed by atoms with van der Waals surface area (Å²) in [5, 5.41) is 3.96. The fourth-order valence-corrected chi connectivity index (χ4v) is 2.81. The smallest absolute Gasteiger partial charge is 0.234 e. The number of Topliss-reactive ketones (excluding diaryl/α,β-unsaturated/α-hetero) is 1. The number of benzene rings is 2. The molecule has 0 spiro atoms. The Morgan fingerprint density at radius 3 is 2.54 bits per heavy atom. The standard InChI is InChI=1S/C20H20N2O2/c1-13(23)14-7-6-8-15(11-14)22-19(24)20(2,3)17-12-21-18-10-5-4-9-16(17)18/h4-12,21H,1-3H3,(H,22,24). The lowest BCUT2D eigenvalue weighted by Gasteiger charge is -2.23. The highest BCUT2D eigenvalue weighted by atomic mass is 16.2. The van der Waals surface area contributed by atoms with E-state index in [4.69, 9.17) is 0 Å². The van der Waals surface area contributed by atoms with E-state index in [1.165, 1.54) is 6.92 Å². The molecule has 0 aliphatic heterocycles. The third kappa shape index (κ3) is 2.83. The number of para-hydroxylation sites is 1. The fourth-order valence-electron chi connectivity index (χ4n) is 2.81. The molecular weight excluding hydrogens is 300 g/mol. The van der Waals surface area contributed by atoms with E-state index >= 15 is 0 Å². The second-order valence-electron chi connectivity index (χ2n) is 6.46. The third-order valence-electron chi connectivity index (χ3n) is 4.36. The zero-order valence-electron chi connectivity index (χ0n) is 14.0. The van der Waals surface area contributed by atoms with Crippen molar-refractivity contribution in [3.05, 3.63) is 65.9 Å². The number of ketones is 1. The molecule has 4 nitrogen and oxygen atoms in total. The average molecular weight is 320 g/mol. The predicted molar refractivity (Wildman–Crippen MR) is 96.4 cm³/mol. The van der Waals surface area contributed by atoms with E-state index < -0.39 is 5.41 Å². The Labute approximate surface area is 140 Å². The highest BCUT2D eigenvalue weighted by Crippen LogP contribution is 2.31. The van der Waals surface area contributed by atoms with Crippen LogP contribution >= 0.6 is 0 Å². The van der Waals surface area contributed by atoms with Crippen molar-refractivity contribution in [3.8, 4) is 0 Å². The Morgan fingerprint density at radius 1 is 1.04 bits per heavy atom. The number of H-pyrrole nitrogens is 1. The first-order valence-electron chi connectivity index (χ1n) is 7.88. The molecule has 1 amide bonds. The van der Waals surface area contributed by atoms with E-state index in [0.29, 0.717) is 11.3 Å². The van der Waals surface area contributed by atoms with Crippen LogP contribution in [0.3, 0.4) is 0 Å². The summed E-state index contributed by atoms with van der Waals surface area (Å²) in [4.78, 5) is 27.6. The maximum Gasteiger partial charge on any atom is 0.234 e. The molecule has 0 saturated carbocycles. The number of rotatable bonds is 4. The first kappa shape index (κ1) is 16.0. The molecule has 1 aromatic heterocycles. The molecule has 122 valence electrons. The second-order valence-corrected chi connectivity index (χ2v) is 6.46. The lowest BCUT2D eigenvalue weighted by Crippen LogP contribution is -2.34. The normalized spacial score (nSPS) is 11.5. The minimum Gasteiger partial charge on any atom is -0.361 e. The van der Waals surface area contributed by atoms with Gasteiger partial charge in [-0.2, -0.15) is 0 Å². The van der Waals surface area contributed by atoms with Gasteiger partial charge >= 0.3 is 0 Å². The van der Waals surface area contributed by atoms with Crippen molar-refractivity contribution in [2.24, 2.45) is 0 Å². The van der Waals surface area contributed by atoms with Crippen molar-refractivity contribution < 1.29 is 9.59 Å². The number of aromatic amines is 1. The zero-order chi connectivity index (χ0) is 17.3. The van der Waals surface area contributed by atoms with Crippen molar-refractivity contribution in [1.29, 1.82) is 0 Å². The Bertz CT molecular complexity index is 922. The van der Waals surface area contributed by atoms with Crippen LogP contribution in [0, 0.1) is 0 Å². The lowest BCUT2D eigenvalue weighted by atomic mass is 9.83. The van der Waals surface area contributed by atoms with Crippen LogP contribution < -0.4 is 5.32 Å². The molecule has 0 aliphatic rings. The van der Waals surface area contributed by atoms with Crippen LogP contribution in [0.2, 0.25) is 0 Å². The Balaban J connectivity index is 1.91. The molecule has 3 rings (SSSR count). The number of nitrogens with one attached hydrogen (secondary N) is 2. The first-order valence-corrected chi connectivity index (χ1v) is 7.88. The van der Waals surface area contributed by atoms with Gasteiger partial charge in [0, 0.05) is 28.4 Å². The van der Waals surface area contributed by atoms with E-state index in [-0.39, 0.29) is 11.7 Å². The molecule has 0 saturated heterocycles. The van der Waals surface area contributed by atoms with Crippen LogP contribution in [0.15, 0.2) is 54.7 Å². The van der Waals surface area contributed by atoms with Crippen LogP contribution in [0.4, 0.5) is 5.69 Å². The minimum absolute atomic E-state index is 0.0259. The quantitative estimate of drug-likeness (QED) is 0.705. The molecule has 2 N–H and O–H groups in total. The Kier molecular flexibility index (Phi) is 3.97. The van der Waals surface area contributed by atoms with Gasteiger partial charge in [0.1, 0.15) is 0 Å². The van der Waals surface area contributed by atoms with Crippen LogP contribution in [0.5, 0.6) is 0 Å². The van der Waals surface area contributed by atoms with Crippen molar-refractivity contribution in [2.45, 2.75) is 26.2 Å². The first-order chi connectivity index (χ1) is 11.4. The maximum absolute atomic E-state index is 12.8. The summed E-state index contributed by atoms with van der Waals surface area (Å²) >= 11 is 0. The molecule has 0 atom stereocenters. The zero-order valence-corrected chi connectivity index (χ0v) is 14.0. The van der Waals surface area contributed by atoms with Gasteiger partial charge in [-0.1, -0.05) is 30.3 Å². The van der Waals surface area contributed by atoms with E-state index in [9.17, 15) is 9.59 Å². The number of hydrogen-bond acceptors (Lipinski definition) is 2. The lowest BCUT2D eigenvalue weighted by molar-refractivity contribution is -0.120. The van der Waals surface area contributed by atoms with Crippen molar-refractivity contribution in [3.63, 3.8) is 0 Å². The van der Waals surface area contributed by atoms with E-state index in [0.717, 1.165) is 16.5 Å². The third-order valence-corrected chi connectivity index (χ3v) is 4.36. The highest BCUT2D eigenvalue weighted by molar-refractivity contribution is 6.03. The van der Waals surface area contributed by atoms with Gasteiger partial charge in [0.15, 0.2) is 5.78 Å². The molecular formula is C20H20N2O2. The number of amides is 1. The van der Waals surface area contributed by atoms with Gasteiger partial charge in [-0.15, -0.1) is 0 Å². The summed E-state index contributed by atoms with van der Waals surface area (Å²) < 4.78 is 0. The molecule has 0 fully saturated rings. The summed E-state index contributed by atoms with van der Waals surface area (Å²) in [5.41, 5.74) is 2.44. The second kappa shape index (κ2) is 5.96. The maximum atomic E-state index is 12.8. The number of fused-ring (bicyclic) bond motifs is 1. The largest absolute Gasteiger partial charge is 0.361 e. The fraction of sp³-hybridized carbons (Fsp3) is 0.200. The summed E-state index contributed by atoms with van der Waals surface area (Å²) in [5.74, 6) is -0.144. The van der Waals surface area contributed by atoms with Gasteiger partial charge in [0.2, 0.25) is 5.91 Å². The molecule has 1 heterocycles. The van der Waals surface area contributed by atoms with Crippen LogP contribution in [0.25, 0.3) is 10.9 Å². The van der Waals surface area contributed by atoms with E-state index in [1.54, 1.807) is 24.3 Å². The molecule has 24 heavy (non-hydrogen) atoms. The van der Waals surface area contributed by atoms with Gasteiger partial charge in [0.25, 0.3) is 0 Å². The predicted octanol–water partition coefficient (Wildman–Crippen LogP) is 4.29. The molecule has 0 aliphatic carbocycles. The number of aromatic nitrogens is 1. The molecule has 3 aromatic rings. The number of carbonyl (C=O) groups excluding carboxylic acids is 2. The van der Waals surface area contributed by atoms with E-state index in [2.05, 4.69) is 10.3 Å². The Hall–Kier alpha value is -2.88. The van der Waals surface area contributed by atoms with Gasteiger partial charge in [0.05, 0.1) is 5.41 Å². The van der Waals surface area contributed by atoms with Gasteiger partial charge in [-0.25, -0.2) is 0 Å². The summed E-state index contributed by atoms with van der Waals surface area (Å²) in [6.45, 7) is 5.30. The Morgan fingerprint density at radius 2 is 1.79 bits per heavy atom. The molecule has 0 bridgehead atoms. The topological polar surface area (TPSA) is 62.0 Å². The molecule has 0 unspecified atom stereocenters. The average Bonchev–Trinajstić information content (AvgIpc) is 2.99. The SMILES string of the molecule is CC(=O)c1cccc(NC(=O)C(C)(C)c2c[nH]c3ccccc23)c1. The van der Waals surface area contributed by atoms with Crippen molar-refractivity contribution in [1.82, 2.24) is 4.98 Å². The van der Waals surface area contributed by atoms with Gasteiger partial charge in [-0.3, -0.25) is 9.59 Å². The van der Waals surface area contributed by atoms with Crippen molar-refractivity contribution in [2.75, 3.05) is 5.32 Å². The number of anilines is 1. The van der Waals surface area contributed by atoms with Crippen molar-refractivity contribution >= 4 is 28.3 Å². The molecule has 2 aromatic carbocycles.